The van der Waals surface area contributed by atoms with Gasteiger partial charge in [-0.15, -0.1) is 0 Å². The largest absolute Gasteiger partial charge is 0.398 e. The van der Waals surface area contributed by atoms with Crippen LogP contribution in [0.25, 0.3) is 0 Å². The summed E-state index contributed by atoms with van der Waals surface area (Å²) in [5.74, 6) is 0. The minimum absolute atomic E-state index is 0.613. The smallest absolute Gasteiger partial charge is 0.171 e. The van der Waals surface area contributed by atoms with Gasteiger partial charge >= 0.3 is 0 Å². The highest BCUT2D eigenvalue weighted by Gasteiger charge is 2.00. The second-order valence-corrected chi connectivity index (χ2v) is 2.02. The van der Waals surface area contributed by atoms with E-state index >= 15 is 0 Å². The van der Waals surface area contributed by atoms with E-state index in [0.717, 1.165) is 0 Å². The van der Waals surface area contributed by atoms with E-state index in [2.05, 4.69) is 0 Å². The van der Waals surface area contributed by atoms with Crippen molar-refractivity contribution in [3.05, 3.63) is 23.8 Å². The third-order valence-corrected chi connectivity index (χ3v) is 1.34. The average molecular weight is 136 g/mol. The molecule has 0 aromatic heterocycles. The maximum absolute atomic E-state index is 5.54. The van der Waals surface area contributed by atoms with Crippen molar-refractivity contribution >= 4 is 17.6 Å². The molecule has 1 aromatic rings. The van der Waals surface area contributed by atoms with Crippen LogP contribution >= 0.6 is 0 Å². The Morgan fingerprint density at radius 2 is 1.70 bits per heavy atom. The van der Waals surface area contributed by atoms with Crippen LogP contribution in [0.5, 0.6) is 0 Å². The highest BCUT2D eigenvalue weighted by atomic mass is 14.6. The Kier molecular flexibility index (Phi) is 1.58. The quantitative estimate of drug-likeness (QED) is 0.343. The number of nitrogens with two attached hydrogens (primary N) is 3. The van der Waals surface area contributed by atoms with Gasteiger partial charge in [-0.05, 0) is 12.1 Å². The molecule has 0 aliphatic carbocycles. The normalized spacial score (nSPS) is 9.20. The molecule has 10 heavy (non-hydrogen) atoms. The van der Waals surface area contributed by atoms with Gasteiger partial charge in [-0.1, -0.05) is 6.07 Å². The first kappa shape index (κ1) is 6.61. The summed E-state index contributed by atoms with van der Waals surface area (Å²) in [5.41, 5.74) is 13.0. The van der Waals surface area contributed by atoms with Gasteiger partial charge in [0.2, 0.25) is 0 Å². The van der Waals surface area contributed by atoms with E-state index in [1.54, 1.807) is 18.2 Å². The molecule has 0 saturated carbocycles. The van der Waals surface area contributed by atoms with Crippen molar-refractivity contribution in [1.82, 2.24) is 0 Å². The van der Waals surface area contributed by atoms with Gasteiger partial charge in [0.15, 0.2) is 6.21 Å². The summed E-state index contributed by atoms with van der Waals surface area (Å²) in [5, 5.41) is 5.27. The van der Waals surface area contributed by atoms with E-state index in [1.165, 1.54) is 6.21 Å². The summed E-state index contributed by atoms with van der Waals surface area (Å²) in [6, 6.07) is 5.31. The number of benzene rings is 1. The fourth-order valence-electron chi connectivity index (χ4n) is 0.794. The summed E-state index contributed by atoms with van der Waals surface area (Å²) in [7, 11) is 0. The summed E-state index contributed by atoms with van der Waals surface area (Å²) in [4.78, 5) is 0. The van der Waals surface area contributed by atoms with Gasteiger partial charge in [0.05, 0.1) is 5.56 Å². The predicted octanol–water partition coefficient (Wildman–Crippen LogP) is -0.971. The molecule has 0 atom stereocenters. The monoisotopic (exact) mass is 136 g/mol. The van der Waals surface area contributed by atoms with Crippen LogP contribution in [0, 0.1) is 0 Å². The first-order chi connectivity index (χ1) is 4.75. The lowest BCUT2D eigenvalue weighted by Gasteiger charge is -1.98. The lowest BCUT2D eigenvalue weighted by Crippen LogP contribution is -2.30. The molecule has 0 fully saturated rings. The van der Waals surface area contributed by atoms with Crippen LogP contribution in [0.2, 0.25) is 0 Å². The topological polar surface area (TPSA) is 77.6 Å². The predicted molar refractivity (Wildman–Crippen MR) is 42.4 cm³/mol. The van der Waals surface area contributed by atoms with Crippen molar-refractivity contribution in [2.75, 3.05) is 11.5 Å². The zero-order chi connectivity index (χ0) is 7.56. The maximum Gasteiger partial charge on any atom is 0.171 e. The molecule has 3 nitrogen and oxygen atoms in total. The molecule has 52 valence electrons. The van der Waals surface area contributed by atoms with Gasteiger partial charge in [-0.3, -0.25) is 5.41 Å². The summed E-state index contributed by atoms with van der Waals surface area (Å²) < 4.78 is 0. The fourth-order valence-corrected chi connectivity index (χ4v) is 0.794. The summed E-state index contributed by atoms with van der Waals surface area (Å²) in [6.45, 7) is 0. The number of nitrogen functional groups attached to an aromatic ring is 2. The average Bonchev–Trinajstić information content (AvgIpc) is 1.88. The van der Waals surface area contributed by atoms with Crippen LogP contribution in [-0.4, -0.2) is 6.21 Å². The van der Waals surface area contributed by atoms with E-state index in [4.69, 9.17) is 16.9 Å². The zero-order valence-corrected chi connectivity index (χ0v) is 5.54. The number of hydrogen-bond donors (Lipinski definition) is 3. The van der Waals surface area contributed by atoms with Gasteiger partial charge < -0.3 is 11.5 Å². The molecule has 0 saturated heterocycles. The highest BCUT2D eigenvalue weighted by molar-refractivity contribution is 5.90. The van der Waals surface area contributed by atoms with E-state index in [0.29, 0.717) is 16.9 Å². The molecule has 0 heterocycles. The van der Waals surface area contributed by atoms with Crippen LogP contribution in [-0.2, 0) is 0 Å². The Labute approximate surface area is 59.2 Å². The van der Waals surface area contributed by atoms with Crippen molar-refractivity contribution in [2.45, 2.75) is 0 Å². The molecule has 3 heteroatoms. The molecule has 1 aromatic carbocycles. The van der Waals surface area contributed by atoms with Crippen LogP contribution in [0.4, 0.5) is 11.4 Å². The van der Waals surface area contributed by atoms with Crippen molar-refractivity contribution in [3.63, 3.8) is 0 Å². The van der Waals surface area contributed by atoms with Gasteiger partial charge in [0.25, 0.3) is 0 Å². The first-order valence-electron chi connectivity index (χ1n) is 2.94. The maximum atomic E-state index is 5.54. The molecule has 0 aliphatic heterocycles. The Balaban J connectivity index is 3.30. The third kappa shape index (κ3) is 0.932. The van der Waals surface area contributed by atoms with Crippen LogP contribution in [0.3, 0.4) is 0 Å². The molecule has 0 spiro atoms. The number of anilines is 2. The molecule has 6 N–H and O–H groups in total. The molecule has 0 bridgehead atoms. The Bertz CT molecular complexity index is 235. The second kappa shape index (κ2) is 2.39. The first-order valence-corrected chi connectivity index (χ1v) is 2.94. The number of rotatable bonds is 1. The Morgan fingerprint density at radius 3 is 2.00 bits per heavy atom. The van der Waals surface area contributed by atoms with Crippen molar-refractivity contribution < 1.29 is 5.41 Å². The Hall–Kier alpha value is -1.51. The van der Waals surface area contributed by atoms with Crippen molar-refractivity contribution in [2.24, 2.45) is 0 Å². The van der Waals surface area contributed by atoms with E-state index in [-0.39, 0.29) is 0 Å². The minimum atomic E-state index is 0.613. The molecule has 0 amide bonds. The fraction of sp³-hybridized carbons (Fsp3) is 0. The van der Waals surface area contributed by atoms with Gasteiger partial charge in [-0.25, -0.2) is 0 Å². The van der Waals surface area contributed by atoms with Crippen molar-refractivity contribution in [3.8, 4) is 0 Å². The molecule has 0 unspecified atom stereocenters. The number of hydrogen-bond acceptors (Lipinski definition) is 2. The van der Waals surface area contributed by atoms with Gasteiger partial charge in [0, 0.05) is 11.4 Å². The Morgan fingerprint density at radius 1 is 1.20 bits per heavy atom. The second-order valence-electron chi connectivity index (χ2n) is 2.02. The summed E-state index contributed by atoms with van der Waals surface area (Å²) in [6.07, 6.45) is 1.41. The van der Waals surface area contributed by atoms with Crippen LogP contribution in [0.1, 0.15) is 5.56 Å². The zero-order valence-electron chi connectivity index (χ0n) is 5.54. The van der Waals surface area contributed by atoms with Crippen molar-refractivity contribution in [1.29, 1.82) is 0 Å². The molecule has 0 aliphatic rings. The van der Waals surface area contributed by atoms with E-state index in [1.807, 2.05) is 0 Å². The molecule has 0 radical (unpaired) electrons. The lowest BCUT2D eigenvalue weighted by molar-refractivity contribution is -0.104. The SMILES string of the molecule is Nc1cccc(N)c1C=[NH2+]. The standard InChI is InChI=1S/C7H9N3/c8-4-5-6(9)2-1-3-7(5)10/h1-4,8H,9-10H2/p+1. The highest BCUT2D eigenvalue weighted by Crippen LogP contribution is 2.14. The van der Waals surface area contributed by atoms with E-state index < -0.39 is 0 Å². The van der Waals surface area contributed by atoms with Crippen LogP contribution < -0.4 is 16.9 Å². The van der Waals surface area contributed by atoms with Crippen LogP contribution in [0.15, 0.2) is 18.2 Å². The lowest BCUT2D eigenvalue weighted by atomic mass is 10.1. The van der Waals surface area contributed by atoms with E-state index in [9.17, 15) is 0 Å². The van der Waals surface area contributed by atoms with Gasteiger partial charge in [0.1, 0.15) is 0 Å². The third-order valence-electron chi connectivity index (χ3n) is 1.34. The van der Waals surface area contributed by atoms with Gasteiger partial charge in [-0.2, -0.15) is 0 Å². The minimum Gasteiger partial charge on any atom is -0.398 e. The molecule has 1 rings (SSSR count). The molecular weight excluding hydrogens is 126 g/mol. The summed E-state index contributed by atoms with van der Waals surface area (Å²) >= 11 is 0. The molecular formula is C7H10N3+.